The highest BCUT2D eigenvalue weighted by atomic mass is 19.2. The van der Waals surface area contributed by atoms with Gasteiger partial charge in [0.15, 0.2) is 5.83 Å². The van der Waals surface area contributed by atoms with E-state index in [0.717, 1.165) is 16.5 Å². The number of nitrogens with one attached hydrogen (secondary N) is 1. The molecule has 1 aromatic carbocycles. The monoisotopic (exact) mass is 466 g/mol. The van der Waals surface area contributed by atoms with Crippen LogP contribution in [0.25, 0.3) is 27.7 Å². The van der Waals surface area contributed by atoms with Gasteiger partial charge in [0.05, 0.1) is 12.7 Å². The fourth-order valence-corrected chi connectivity index (χ4v) is 3.48. The molecule has 0 aliphatic heterocycles. The van der Waals surface area contributed by atoms with Gasteiger partial charge in [-0.3, -0.25) is 4.79 Å². The van der Waals surface area contributed by atoms with Gasteiger partial charge in [-0.1, -0.05) is 24.8 Å². The number of methoxy groups -OCH3 is 1. The number of halogens is 2. The van der Waals surface area contributed by atoms with E-state index >= 15 is 0 Å². The molecular formula is C26H28F2N4O2. The van der Waals surface area contributed by atoms with Gasteiger partial charge >= 0.3 is 0 Å². The van der Waals surface area contributed by atoms with Gasteiger partial charge in [-0.15, -0.1) is 0 Å². The van der Waals surface area contributed by atoms with Gasteiger partial charge in [0.1, 0.15) is 17.7 Å². The molecule has 1 N–H and O–H groups in total. The number of allylic oxidation sites excluding steroid dienone is 2. The lowest BCUT2D eigenvalue weighted by atomic mass is 10.0. The molecule has 0 radical (unpaired) electrons. The molecule has 3 rings (SSSR count). The first-order chi connectivity index (χ1) is 16.3. The number of aromatic nitrogens is 2. The number of amides is 1. The minimum Gasteiger partial charge on any atom is -0.496 e. The Balaban J connectivity index is 1.99. The van der Waals surface area contributed by atoms with Crippen molar-refractivity contribution in [2.24, 2.45) is 0 Å². The Bertz CT molecular complexity index is 1260. The fourth-order valence-electron chi connectivity index (χ4n) is 3.48. The van der Waals surface area contributed by atoms with Gasteiger partial charge in [-0.05, 0) is 37.9 Å². The van der Waals surface area contributed by atoms with Crippen LogP contribution in [0.1, 0.15) is 5.56 Å². The quantitative estimate of drug-likeness (QED) is 0.357. The molecule has 1 amide bonds. The predicted molar refractivity (Wildman–Crippen MR) is 132 cm³/mol. The van der Waals surface area contributed by atoms with E-state index in [0.29, 0.717) is 35.6 Å². The maximum atomic E-state index is 14.3. The summed E-state index contributed by atoms with van der Waals surface area (Å²) in [6, 6.07) is 9.43. The van der Waals surface area contributed by atoms with Crippen LogP contribution in [0.2, 0.25) is 0 Å². The predicted octanol–water partition coefficient (Wildman–Crippen LogP) is 4.98. The summed E-state index contributed by atoms with van der Waals surface area (Å²) in [7, 11) is 6.87. The Hall–Kier alpha value is -3.78. The van der Waals surface area contributed by atoms with Gasteiger partial charge in [0.2, 0.25) is 0 Å². The summed E-state index contributed by atoms with van der Waals surface area (Å²) in [5, 5.41) is 0.800. The third kappa shape index (κ3) is 5.40. The smallest absolute Gasteiger partial charge is 0.256 e. The van der Waals surface area contributed by atoms with Crippen LogP contribution in [0, 0.1) is 0 Å². The topological polar surface area (TPSA) is 61.5 Å². The second kappa shape index (κ2) is 10.9. The largest absolute Gasteiger partial charge is 0.496 e. The number of para-hydroxylation sites is 1. The van der Waals surface area contributed by atoms with Crippen LogP contribution >= 0.6 is 0 Å². The van der Waals surface area contributed by atoms with Crippen LogP contribution < -0.4 is 4.74 Å². The van der Waals surface area contributed by atoms with E-state index in [1.807, 2.05) is 55.5 Å². The van der Waals surface area contributed by atoms with Gasteiger partial charge in [0, 0.05) is 54.6 Å². The van der Waals surface area contributed by atoms with Crippen LogP contribution in [0.3, 0.4) is 0 Å². The summed E-state index contributed by atoms with van der Waals surface area (Å²) in [6.45, 7) is 4.91. The molecule has 0 fully saturated rings. The standard InChI is InChI=1S/C26H28F2N4O2/c1-17(12-21(23(28)14-27)26(33)32(4)11-10-31(2)3)18-13-20-22(16-30-25(20)29-15-18)19-8-6-7-9-24(19)34-5/h6-9,12-16H,1,10-11H2,2-5H3,(H,29,30)/b21-12+,23-14-. The van der Waals surface area contributed by atoms with Crippen molar-refractivity contribution in [1.82, 2.24) is 19.8 Å². The minimum absolute atomic E-state index is 0.218. The number of aromatic amines is 1. The highest BCUT2D eigenvalue weighted by molar-refractivity contribution is 6.01. The molecule has 2 aromatic heterocycles. The maximum Gasteiger partial charge on any atom is 0.256 e. The van der Waals surface area contributed by atoms with E-state index < -0.39 is 17.3 Å². The summed E-state index contributed by atoms with van der Waals surface area (Å²) in [5.74, 6) is -1.19. The first kappa shape index (κ1) is 24.9. The summed E-state index contributed by atoms with van der Waals surface area (Å²) >= 11 is 0. The van der Waals surface area contributed by atoms with Gasteiger partial charge < -0.3 is 19.5 Å². The number of carbonyl (C=O) groups is 1. The van der Waals surface area contributed by atoms with Crippen molar-refractivity contribution >= 4 is 22.5 Å². The SMILES string of the molecule is C=C(/C=C(C(=O)N(C)CCN(C)C)\C(F)=C\F)c1cnc2[nH]cc(-c3ccccc3OC)c2c1. The number of likely N-dealkylation sites (N-methyl/N-ethyl adjacent to an activating group) is 2. The second-order valence-corrected chi connectivity index (χ2v) is 8.09. The van der Waals surface area contributed by atoms with Crippen molar-refractivity contribution in [2.75, 3.05) is 41.3 Å². The average Bonchev–Trinajstić information content (AvgIpc) is 3.27. The van der Waals surface area contributed by atoms with Crippen LogP contribution in [-0.4, -0.2) is 67.0 Å². The number of hydrogen-bond acceptors (Lipinski definition) is 4. The van der Waals surface area contributed by atoms with E-state index in [-0.39, 0.29) is 6.33 Å². The van der Waals surface area contributed by atoms with Crippen molar-refractivity contribution in [2.45, 2.75) is 0 Å². The first-order valence-corrected chi connectivity index (χ1v) is 10.6. The zero-order valence-electron chi connectivity index (χ0n) is 19.7. The molecule has 0 aliphatic rings. The molecule has 6 nitrogen and oxygen atoms in total. The molecule has 178 valence electrons. The lowest BCUT2D eigenvalue weighted by molar-refractivity contribution is -0.125. The molecular weight excluding hydrogens is 438 g/mol. The molecule has 3 aromatic rings. The highest BCUT2D eigenvalue weighted by Gasteiger charge is 2.20. The maximum absolute atomic E-state index is 14.3. The Morgan fingerprint density at radius 3 is 2.62 bits per heavy atom. The van der Waals surface area contributed by atoms with Crippen molar-refractivity contribution < 1.29 is 18.3 Å². The number of hydrogen-bond donors (Lipinski definition) is 1. The van der Waals surface area contributed by atoms with E-state index in [4.69, 9.17) is 4.74 Å². The zero-order valence-corrected chi connectivity index (χ0v) is 19.7. The molecule has 0 spiro atoms. The molecule has 2 heterocycles. The first-order valence-electron chi connectivity index (χ1n) is 10.6. The zero-order chi connectivity index (χ0) is 24.8. The lowest BCUT2D eigenvalue weighted by Gasteiger charge is -2.20. The Kier molecular flexibility index (Phi) is 7.96. The van der Waals surface area contributed by atoms with Crippen molar-refractivity contribution in [3.05, 3.63) is 78.7 Å². The molecule has 0 bridgehead atoms. The molecule has 0 atom stereocenters. The van der Waals surface area contributed by atoms with Crippen molar-refractivity contribution in [1.29, 1.82) is 0 Å². The van der Waals surface area contributed by atoms with E-state index in [9.17, 15) is 13.6 Å². The van der Waals surface area contributed by atoms with Crippen molar-refractivity contribution in [3.63, 3.8) is 0 Å². The third-order valence-electron chi connectivity index (χ3n) is 5.43. The second-order valence-electron chi connectivity index (χ2n) is 8.09. The van der Waals surface area contributed by atoms with Crippen LogP contribution in [0.4, 0.5) is 8.78 Å². The summed E-state index contributed by atoms with van der Waals surface area (Å²) < 4.78 is 32.9. The van der Waals surface area contributed by atoms with E-state index in [1.165, 1.54) is 11.0 Å². The van der Waals surface area contributed by atoms with Gasteiger partial charge in [0.25, 0.3) is 5.91 Å². The molecule has 0 unspecified atom stereocenters. The van der Waals surface area contributed by atoms with Crippen LogP contribution in [0.5, 0.6) is 5.75 Å². The number of H-pyrrole nitrogens is 1. The van der Waals surface area contributed by atoms with Gasteiger partial charge in [-0.2, -0.15) is 0 Å². The average molecular weight is 467 g/mol. The number of carbonyl (C=O) groups excluding carboxylic acids is 1. The number of rotatable bonds is 9. The molecule has 0 aliphatic carbocycles. The van der Waals surface area contributed by atoms with Crippen LogP contribution in [0.15, 0.2) is 73.1 Å². The lowest BCUT2D eigenvalue weighted by Crippen LogP contribution is -2.34. The minimum atomic E-state index is -1.26. The summed E-state index contributed by atoms with van der Waals surface area (Å²) in [4.78, 5) is 23.6. The third-order valence-corrected chi connectivity index (χ3v) is 5.43. The number of nitrogens with zero attached hydrogens (tertiary/aromatic N) is 3. The fraction of sp³-hybridized carbons (Fsp3) is 0.231. The molecule has 0 saturated carbocycles. The molecule has 34 heavy (non-hydrogen) atoms. The normalized spacial score (nSPS) is 12.3. The van der Waals surface area contributed by atoms with Gasteiger partial charge in [-0.25, -0.2) is 13.8 Å². The Morgan fingerprint density at radius 1 is 1.21 bits per heavy atom. The molecule has 8 heteroatoms. The van der Waals surface area contributed by atoms with Crippen LogP contribution in [-0.2, 0) is 4.79 Å². The number of pyridine rings is 1. The Labute approximate surface area is 197 Å². The Morgan fingerprint density at radius 2 is 1.94 bits per heavy atom. The van der Waals surface area contributed by atoms with E-state index in [1.54, 1.807) is 20.4 Å². The summed E-state index contributed by atoms with van der Waals surface area (Å²) in [6.07, 6.45) is 4.43. The number of benzene rings is 1. The van der Waals surface area contributed by atoms with E-state index in [2.05, 4.69) is 16.5 Å². The van der Waals surface area contributed by atoms with Crippen molar-refractivity contribution in [3.8, 4) is 16.9 Å². The summed E-state index contributed by atoms with van der Waals surface area (Å²) in [5.41, 5.74) is 2.87. The number of ether oxygens (including phenoxy) is 1. The molecule has 0 saturated heterocycles. The highest BCUT2D eigenvalue weighted by Crippen LogP contribution is 2.35. The number of fused-ring (bicyclic) bond motifs is 1.